The highest BCUT2D eigenvalue weighted by Gasteiger charge is 2.33. The van der Waals surface area contributed by atoms with Crippen LogP contribution in [0.1, 0.15) is 24.0 Å². The van der Waals surface area contributed by atoms with Crippen molar-refractivity contribution in [2.24, 2.45) is 5.92 Å². The van der Waals surface area contributed by atoms with Gasteiger partial charge in [0.15, 0.2) is 5.78 Å². The Morgan fingerprint density at radius 1 is 1.32 bits per heavy atom. The molecule has 0 aliphatic heterocycles. The lowest BCUT2D eigenvalue weighted by Gasteiger charge is -2.05. The number of allylic oxidation sites excluding steroid dienone is 1. The summed E-state index contributed by atoms with van der Waals surface area (Å²) in [6.45, 7) is 0. The number of carbonyl (C=O) groups is 1. The molecule has 94 valence electrons. The summed E-state index contributed by atoms with van der Waals surface area (Å²) in [6.07, 6.45) is 1.46. The number of nitriles is 2. The number of ketones is 1. The fourth-order valence-corrected chi connectivity index (χ4v) is 1.69. The zero-order valence-corrected chi connectivity index (χ0v) is 9.92. The number of aromatic hydroxyl groups is 1. The van der Waals surface area contributed by atoms with Crippen molar-refractivity contribution in [1.82, 2.24) is 0 Å². The molecular weight excluding hydrogens is 244 g/mol. The van der Waals surface area contributed by atoms with Gasteiger partial charge in [-0.1, -0.05) is 0 Å². The number of rotatable bonds is 3. The number of phenols is 1. The van der Waals surface area contributed by atoms with Gasteiger partial charge in [-0.15, -0.1) is 0 Å². The fourth-order valence-electron chi connectivity index (χ4n) is 1.69. The van der Waals surface area contributed by atoms with Crippen LogP contribution in [0, 0.1) is 28.6 Å². The molecule has 0 atom stereocenters. The summed E-state index contributed by atoms with van der Waals surface area (Å²) in [6, 6.07) is 7.29. The van der Waals surface area contributed by atoms with Gasteiger partial charge in [-0.05, 0) is 31.0 Å². The largest absolute Gasteiger partial charge is 0.507 e. The molecule has 5 nitrogen and oxygen atoms in total. The Labute approximate surface area is 109 Å². The van der Waals surface area contributed by atoms with Gasteiger partial charge in [0.2, 0.25) is 0 Å². The van der Waals surface area contributed by atoms with E-state index in [2.05, 4.69) is 0 Å². The summed E-state index contributed by atoms with van der Waals surface area (Å²) < 4.78 is 0. The van der Waals surface area contributed by atoms with Crippen LogP contribution in [0.15, 0.2) is 23.8 Å². The molecular formula is C14H10N2O3. The molecule has 0 amide bonds. The molecule has 1 aliphatic rings. The van der Waals surface area contributed by atoms with Gasteiger partial charge >= 0.3 is 0 Å². The van der Waals surface area contributed by atoms with E-state index in [0.717, 1.165) is 12.8 Å². The fraction of sp³-hybridized carbons (Fsp3) is 0.214. The third kappa shape index (κ3) is 2.41. The van der Waals surface area contributed by atoms with E-state index in [1.807, 2.05) is 0 Å². The second kappa shape index (κ2) is 4.83. The molecule has 1 fully saturated rings. The number of benzene rings is 1. The number of aliphatic hydroxyl groups excluding tert-OH is 1. The van der Waals surface area contributed by atoms with Crippen molar-refractivity contribution in [3.8, 4) is 17.9 Å². The average Bonchev–Trinajstić information content (AvgIpc) is 3.24. The Morgan fingerprint density at radius 2 is 2.00 bits per heavy atom. The second-order valence-corrected chi connectivity index (χ2v) is 4.32. The first kappa shape index (κ1) is 12.7. The maximum absolute atomic E-state index is 11.8. The molecule has 0 saturated heterocycles. The molecule has 1 saturated carbocycles. The van der Waals surface area contributed by atoms with E-state index >= 15 is 0 Å². The summed E-state index contributed by atoms with van der Waals surface area (Å²) in [7, 11) is 0. The number of nitrogens with zero attached hydrogens (tertiary/aromatic N) is 2. The standard InChI is InChI=1S/C14H10N2O3/c15-6-10-5-9(3-4-12(10)17)14(19)11(7-16)13(18)8-1-2-8/h3-5,8,17,19H,1-2H2/b14-11-. The zero-order chi connectivity index (χ0) is 14.0. The van der Waals surface area contributed by atoms with E-state index in [4.69, 9.17) is 10.5 Å². The van der Waals surface area contributed by atoms with Crippen molar-refractivity contribution < 1.29 is 15.0 Å². The molecule has 0 heterocycles. The monoisotopic (exact) mass is 254 g/mol. The molecule has 19 heavy (non-hydrogen) atoms. The Hall–Kier alpha value is -2.79. The lowest BCUT2D eigenvalue weighted by molar-refractivity contribution is -0.116. The van der Waals surface area contributed by atoms with Gasteiger partial charge in [0.05, 0.1) is 5.56 Å². The first-order valence-electron chi connectivity index (χ1n) is 5.69. The third-order valence-electron chi connectivity index (χ3n) is 2.93. The third-order valence-corrected chi connectivity index (χ3v) is 2.93. The summed E-state index contributed by atoms with van der Waals surface area (Å²) >= 11 is 0. The van der Waals surface area contributed by atoms with Crippen LogP contribution in [-0.4, -0.2) is 16.0 Å². The highest BCUT2D eigenvalue weighted by Crippen LogP contribution is 2.34. The van der Waals surface area contributed by atoms with Crippen molar-refractivity contribution in [2.75, 3.05) is 0 Å². The molecule has 5 heteroatoms. The van der Waals surface area contributed by atoms with Crippen LogP contribution < -0.4 is 0 Å². The molecule has 1 aromatic rings. The van der Waals surface area contributed by atoms with Crippen LogP contribution in [-0.2, 0) is 4.79 Å². The number of hydrogen-bond donors (Lipinski definition) is 2. The Morgan fingerprint density at radius 3 is 2.53 bits per heavy atom. The summed E-state index contributed by atoms with van der Waals surface area (Å²) in [5.74, 6) is -1.21. The quantitative estimate of drug-likeness (QED) is 0.487. The van der Waals surface area contributed by atoms with E-state index in [-0.39, 0.29) is 34.2 Å². The number of hydrogen-bond acceptors (Lipinski definition) is 5. The summed E-state index contributed by atoms with van der Waals surface area (Å²) in [4.78, 5) is 11.8. The van der Waals surface area contributed by atoms with Crippen LogP contribution in [0.5, 0.6) is 5.75 Å². The molecule has 2 rings (SSSR count). The predicted octanol–water partition coefficient (Wildman–Crippen LogP) is 2.04. The number of phenolic OH excluding ortho intramolecular Hbond substituents is 1. The second-order valence-electron chi connectivity index (χ2n) is 4.32. The van der Waals surface area contributed by atoms with Crippen molar-refractivity contribution >= 4 is 11.5 Å². The lowest BCUT2D eigenvalue weighted by atomic mass is 10.0. The van der Waals surface area contributed by atoms with Crippen LogP contribution in [0.2, 0.25) is 0 Å². The van der Waals surface area contributed by atoms with Gasteiger partial charge in [-0.2, -0.15) is 10.5 Å². The molecule has 1 aliphatic carbocycles. The lowest BCUT2D eigenvalue weighted by Crippen LogP contribution is -2.06. The van der Waals surface area contributed by atoms with Gasteiger partial charge in [0.1, 0.15) is 29.2 Å². The minimum Gasteiger partial charge on any atom is -0.507 e. The van der Waals surface area contributed by atoms with Crippen LogP contribution >= 0.6 is 0 Å². The number of aliphatic hydroxyl groups is 1. The molecule has 0 spiro atoms. The van der Waals surface area contributed by atoms with Crippen molar-refractivity contribution in [3.63, 3.8) is 0 Å². The van der Waals surface area contributed by atoms with Gasteiger partial charge in [0.25, 0.3) is 0 Å². The molecule has 0 radical (unpaired) electrons. The smallest absolute Gasteiger partial charge is 0.180 e. The summed E-state index contributed by atoms with van der Waals surface area (Å²) in [5, 5.41) is 37.1. The van der Waals surface area contributed by atoms with Crippen LogP contribution in [0.25, 0.3) is 5.76 Å². The first-order chi connectivity index (χ1) is 9.08. The average molecular weight is 254 g/mol. The Balaban J connectivity index is 2.47. The summed E-state index contributed by atoms with van der Waals surface area (Å²) in [5.41, 5.74) is -0.155. The van der Waals surface area contributed by atoms with Gasteiger partial charge in [-0.25, -0.2) is 0 Å². The number of carbonyl (C=O) groups excluding carboxylic acids is 1. The zero-order valence-electron chi connectivity index (χ0n) is 9.92. The van der Waals surface area contributed by atoms with Crippen molar-refractivity contribution in [1.29, 1.82) is 10.5 Å². The van der Waals surface area contributed by atoms with E-state index in [0.29, 0.717) is 0 Å². The van der Waals surface area contributed by atoms with Crippen LogP contribution in [0.4, 0.5) is 0 Å². The SMILES string of the molecule is N#C/C(C(=O)C1CC1)=C(/O)c1ccc(O)c(C#N)c1. The Bertz CT molecular complexity index is 658. The van der Waals surface area contributed by atoms with E-state index in [1.165, 1.54) is 18.2 Å². The Kier molecular flexibility index (Phi) is 3.22. The molecule has 1 aromatic carbocycles. The van der Waals surface area contributed by atoms with Crippen molar-refractivity contribution in [3.05, 3.63) is 34.9 Å². The maximum atomic E-state index is 11.8. The first-order valence-corrected chi connectivity index (χ1v) is 5.69. The van der Waals surface area contributed by atoms with E-state index in [9.17, 15) is 15.0 Å². The van der Waals surface area contributed by atoms with E-state index < -0.39 is 5.76 Å². The van der Waals surface area contributed by atoms with Gasteiger partial charge < -0.3 is 10.2 Å². The maximum Gasteiger partial charge on any atom is 0.180 e. The minimum absolute atomic E-state index is 0.0276. The minimum atomic E-state index is -0.448. The van der Waals surface area contributed by atoms with Gasteiger partial charge in [-0.3, -0.25) is 4.79 Å². The number of Topliss-reactive ketones (excluding diaryl/α,β-unsaturated/α-hetero) is 1. The molecule has 0 bridgehead atoms. The van der Waals surface area contributed by atoms with E-state index in [1.54, 1.807) is 12.1 Å². The highest BCUT2D eigenvalue weighted by molar-refractivity contribution is 6.07. The molecule has 0 unspecified atom stereocenters. The molecule has 0 aromatic heterocycles. The predicted molar refractivity (Wildman–Crippen MR) is 65.7 cm³/mol. The molecule has 2 N–H and O–H groups in total. The topological polar surface area (TPSA) is 105 Å². The normalized spacial score (nSPS) is 15.1. The van der Waals surface area contributed by atoms with Crippen molar-refractivity contribution in [2.45, 2.75) is 12.8 Å². The van der Waals surface area contributed by atoms with Gasteiger partial charge in [0, 0.05) is 11.5 Å². The highest BCUT2D eigenvalue weighted by atomic mass is 16.3. The van der Waals surface area contributed by atoms with Crippen LogP contribution in [0.3, 0.4) is 0 Å².